The quantitative estimate of drug-likeness (QED) is 0.163. The highest BCUT2D eigenvalue weighted by Gasteiger charge is 2.41. The lowest BCUT2D eigenvalue weighted by Gasteiger charge is -2.35. The maximum absolute atomic E-state index is 7.11. The van der Waals surface area contributed by atoms with Crippen LogP contribution in [0.2, 0.25) is 0 Å². The van der Waals surface area contributed by atoms with Gasteiger partial charge in [0.1, 0.15) is 34.2 Å². The van der Waals surface area contributed by atoms with Gasteiger partial charge in [0.05, 0.1) is 5.69 Å². The molecule has 5 heteroatoms. The zero-order chi connectivity index (χ0) is 40.0. The number of anilines is 3. The molecule has 13 rings (SSSR count). The molecule has 0 fully saturated rings. The van der Waals surface area contributed by atoms with Crippen LogP contribution in [0, 0.1) is 0 Å². The highest BCUT2D eigenvalue weighted by molar-refractivity contribution is 6.98. The third kappa shape index (κ3) is 5.34. The number of benzene rings is 10. The molecule has 0 saturated carbocycles. The first-order chi connectivity index (χ1) is 30.2. The maximum Gasteiger partial charge on any atom is 0.260 e. The Kier molecular flexibility index (Phi) is 7.37. The highest BCUT2D eigenvalue weighted by Crippen LogP contribution is 2.45. The van der Waals surface area contributed by atoms with Gasteiger partial charge in [-0.1, -0.05) is 146 Å². The van der Waals surface area contributed by atoms with Gasteiger partial charge in [-0.05, 0) is 103 Å². The van der Waals surface area contributed by atoms with E-state index in [9.17, 15) is 0 Å². The summed E-state index contributed by atoms with van der Waals surface area (Å²) >= 11 is 0. The molecule has 0 saturated heterocycles. The molecule has 284 valence electrons. The van der Waals surface area contributed by atoms with E-state index in [1.54, 1.807) is 0 Å². The highest BCUT2D eigenvalue weighted by atomic mass is 16.5. The molecule has 0 unspecified atom stereocenters. The third-order valence-corrected chi connectivity index (χ3v) is 12.6. The van der Waals surface area contributed by atoms with E-state index < -0.39 is 0 Å². The number of rotatable bonds is 5. The van der Waals surface area contributed by atoms with E-state index in [0.29, 0.717) is 0 Å². The van der Waals surface area contributed by atoms with E-state index in [-0.39, 0.29) is 6.71 Å². The van der Waals surface area contributed by atoms with E-state index in [1.807, 2.05) is 12.1 Å². The molecule has 4 nitrogen and oxygen atoms in total. The number of furan rings is 1. The summed E-state index contributed by atoms with van der Waals surface area (Å²) in [6, 6.07) is 73.1. The van der Waals surface area contributed by atoms with Gasteiger partial charge >= 0.3 is 0 Å². The SMILES string of the molecule is c1ccc(N(c2cc3c4c(c2)Oc2cc(-c5cccc6ccccc56)ccc2B4c2ccc(-c4cccc5ccccc45)cc2O3)c2ccc3oc4ccccc4c3c2)cc1. The van der Waals surface area contributed by atoms with Crippen molar-refractivity contribution in [2.45, 2.75) is 0 Å². The van der Waals surface area contributed by atoms with Gasteiger partial charge < -0.3 is 18.8 Å². The van der Waals surface area contributed by atoms with Crippen molar-refractivity contribution in [1.29, 1.82) is 0 Å². The molecular formula is C56H34BNO3. The fourth-order valence-corrected chi connectivity index (χ4v) is 9.77. The van der Waals surface area contributed by atoms with Gasteiger partial charge in [-0.3, -0.25) is 0 Å². The number of fused-ring (bicyclic) bond motifs is 9. The summed E-state index contributed by atoms with van der Waals surface area (Å²) in [6.07, 6.45) is 0. The molecule has 0 radical (unpaired) electrons. The Bertz CT molecular complexity index is 3410. The van der Waals surface area contributed by atoms with Crippen LogP contribution in [0.5, 0.6) is 23.0 Å². The molecule has 0 atom stereocenters. The Morgan fingerprint density at radius 3 is 1.52 bits per heavy atom. The van der Waals surface area contributed by atoms with Crippen molar-refractivity contribution in [1.82, 2.24) is 0 Å². The Hall–Kier alpha value is -8.02. The Morgan fingerprint density at radius 1 is 0.344 bits per heavy atom. The van der Waals surface area contributed by atoms with Crippen LogP contribution in [0.15, 0.2) is 211 Å². The first-order valence-electron chi connectivity index (χ1n) is 20.8. The minimum absolute atomic E-state index is 0.103. The second kappa shape index (κ2) is 13.3. The molecule has 2 aliphatic heterocycles. The molecule has 0 spiro atoms. The lowest BCUT2D eigenvalue weighted by Crippen LogP contribution is -2.57. The van der Waals surface area contributed by atoms with Crippen LogP contribution in [0.25, 0.3) is 65.7 Å². The summed E-state index contributed by atoms with van der Waals surface area (Å²) in [6.45, 7) is -0.103. The van der Waals surface area contributed by atoms with Gasteiger partial charge in [-0.25, -0.2) is 0 Å². The smallest absolute Gasteiger partial charge is 0.260 e. The maximum atomic E-state index is 7.11. The lowest BCUT2D eigenvalue weighted by atomic mass is 9.34. The normalized spacial score (nSPS) is 12.5. The van der Waals surface area contributed by atoms with Crippen LogP contribution in [-0.2, 0) is 0 Å². The molecule has 10 aromatic carbocycles. The molecule has 1 aromatic heterocycles. The van der Waals surface area contributed by atoms with Gasteiger partial charge in [-0.15, -0.1) is 0 Å². The summed E-state index contributed by atoms with van der Waals surface area (Å²) in [5, 5.41) is 6.99. The van der Waals surface area contributed by atoms with Gasteiger partial charge in [0.15, 0.2) is 0 Å². The zero-order valence-electron chi connectivity index (χ0n) is 32.9. The summed E-state index contributed by atoms with van der Waals surface area (Å²) in [7, 11) is 0. The molecular weight excluding hydrogens is 745 g/mol. The molecule has 3 heterocycles. The molecule has 0 bridgehead atoms. The number of para-hydroxylation sites is 2. The molecule has 0 N–H and O–H groups in total. The predicted octanol–water partition coefficient (Wildman–Crippen LogP) is 13.4. The predicted molar refractivity (Wildman–Crippen MR) is 252 cm³/mol. The number of nitrogens with zero attached hydrogens (tertiary/aromatic N) is 1. The summed E-state index contributed by atoms with van der Waals surface area (Å²) in [4.78, 5) is 2.28. The van der Waals surface area contributed by atoms with E-state index in [4.69, 9.17) is 13.9 Å². The van der Waals surface area contributed by atoms with E-state index in [2.05, 4.69) is 199 Å². The van der Waals surface area contributed by atoms with E-state index in [1.165, 1.54) is 32.7 Å². The second-order valence-corrected chi connectivity index (χ2v) is 16.0. The van der Waals surface area contributed by atoms with Crippen LogP contribution in [-0.4, -0.2) is 6.71 Å². The fourth-order valence-electron chi connectivity index (χ4n) is 9.77. The van der Waals surface area contributed by atoms with Crippen LogP contribution < -0.4 is 30.8 Å². The van der Waals surface area contributed by atoms with Crippen molar-refractivity contribution in [2.75, 3.05) is 4.90 Å². The Balaban J connectivity index is 1.02. The monoisotopic (exact) mass is 779 g/mol. The summed E-state index contributed by atoms with van der Waals surface area (Å²) in [5.74, 6) is 3.24. The fraction of sp³-hybridized carbons (Fsp3) is 0. The standard InChI is InChI=1S/C56H34BNO3/c1-2-16-39(17-3-1)58(40-26-29-51-47(32-40)46-20-8-9-23-50(46)59-51)41-33-54-56-55(34-41)61-53-31-38(45-22-11-15-36-13-5-7-19-43(36)45)25-28-49(53)57(56)48-27-24-37(30-52(48)60-54)44-21-10-14-35-12-4-6-18-42(35)44/h1-34H. The van der Waals surface area contributed by atoms with Crippen molar-refractivity contribution in [2.24, 2.45) is 0 Å². The average molecular weight is 780 g/mol. The first-order valence-corrected chi connectivity index (χ1v) is 20.8. The van der Waals surface area contributed by atoms with Crippen molar-refractivity contribution in [3.8, 4) is 45.3 Å². The second-order valence-electron chi connectivity index (χ2n) is 16.0. The largest absolute Gasteiger partial charge is 0.458 e. The Morgan fingerprint density at radius 2 is 0.885 bits per heavy atom. The van der Waals surface area contributed by atoms with Crippen LogP contribution >= 0.6 is 0 Å². The number of hydrogen-bond acceptors (Lipinski definition) is 4. The zero-order valence-corrected chi connectivity index (χ0v) is 32.9. The third-order valence-electron chi connectivity index (χ3n) is 12.6. The lowest BCUT2D eigenvalue weighted by molar-refractivity contribution is 0.465. The van der Waals surface area contributed by atoms with Crippen molar-refractivity contribution >= 4 is 83.6 Å². The van der Waals surface area contributed by atoms with Gasteiger partial charge in [0.25, 0.3) is 6.71 Å². The van der Waals surface area contributed by atoms with E-state index >= 15 is 0 Å². The van der Waals surface area contributed by atoms with Crippen LogP contribution in [0.4, 0.5) is 17.1 Å². The van der Waals surface area contributed by atoms with Crippen LogP contribution in [0.1, 0.15) is 0 Å². The minimum atomic E-state index is -0.103. The average Bonchev–Trinajstić information content (AvgIpc) is 3.69. The Labute approximate surface area is 352 Å². The van der Waals surface area contributed by atoms with Crippen molar-refractivity contribution in [3.63, 3.8) is 0 Å². The van der Waals surface area contributed by atoms with E-state index in [0.717, 1.165) is 89.5 Å². The summed E-state index contributed by atoms with van der Waals surface area (Å²) in [5.41, 5.74) is 12.5. The molecule has 0 aliphatic carbocycles. The van der Waals surface area contributed by atoms with Crippen LogP contribution in [0.3, 0.4) is 0 Å². The summed E-state index contributed by atoms with van der Waals surface area (Å²) < 4.78 is 20.5. The molecule has 61 heavy (non-hydrogen) atoms. The van der Waals surface area contributed by atoms with Gasteiger partial charge in [0, 0.05) is 39.7 Å². The molecule has 2 aliphatic rings. The topological polar surface area (TPSA) is 34.8 Å². The molecule has 0 amide bonds. The van der Waals surface area contributed by atoms with Gasteiger partial charge in [-0.2, -0.15) is 0 Å². The van der Waals surface area contributed by atoms with Crippen molar-refractivity contribution in [3.05, 3.63) is 206 Å². The number of hydrogen-bond donors (Lipinski definition) is 0. The first kappa shape index (κ1) is 33.9. The van der Waals surface area contributed by atoms with Gasteiger partial charge in [0.2, 0.25) is 0 Å². The minimum Gasteiger partial charge on any atom is -0.458 e. The molecule has 11 aromatic rings. The van der Waals surface area contributed by atoms with Crippen molar-refractivity contribution < 1.29 is 13.9 Å². The number of ether oxygens (including phenoxy) is 2.